The van der Waals surface area contributed by atoms with Crippen molar-refractivity contribution < 1.29 is 18.4 Å². The van der Waals surface area contributed by atoms with E-state index in [9.17, 15) is 0 Å². The maximum absolute atomic E-state index is 8.95. The molecule has 0 aliphatic rings. The zero-order chi connectivity index (χ0) is 4.50. The Balaban J connectivity index is 0. The summed E-state index contributed by atoms with van der Waals surface area (Å²) in [7, 11) is -0.137. The third-order valence-corrected chi connectivity index (χ3v) is 0. The van der Waals surface area contributed by atoms with Crippen LogP contribution in [0.3, 0.4) is 0 Å². The lowest BCUT2D eigenvalue weighted by atomic mass is 15.9. The molecule has 0 aliphatic carbocycles. The van der Waals surface area contributed by atoms with Crippen LogP contribution in [0.1, 0.15) is 0 Å². The molecule has 0 saturated heterocycles. The summed E-state index contributed by atoms with van der Waals surface area (Å²) in [5.41, 5.74) is 0. The van der Waals surface area contributed by atoms with Gasteiger partial charge in [0, 0.05) is 10.7 Å². The van der Waals surface area contributed by atoms with Gasteiger partial charge in [0.1, 0.15) is 0 Å². The molecule has 0 fully saturated rings. The zero-order valence-electron chi connectivity index (χ0n) is 2.55. The smallest absolute Gasteiger partial charge is 0.353 e. The van der Waals surface area contributed by atoms with Gasteiger partial charge in [0.15, 0.2) is 0 Å². The second kappa shape index (κ2) is 2.35. The lowest BCUT2D eigenvalue weighted by Gasteiger charge is -1.65. The maximum atomic E-state index is 8.95. The first kappa shape index (κ1) is 9.48. The monoisotopic (exact) mass is 134 g/mol. The molecule has 0 saturated carbocycles. The van der Waals surface area contributed by atoms with E-state index >= 15 is 0 Å². The highest BCUT2D eigenvalue weighted by Crippen LogP contribution is 1.82. The van der Waals surface area contributed by atoms with Gasteiger partial charge in [-0.05, 0) is 0 Å². The Kier molecular flexibility index (Phi) is 3.72. The third kappa shape index (κ3) is 1620. The van der Waals surface area contributed by atoms with E-state index in [4.69, 9.17) is 13.0 Å². The molecule has 0 aromatic carbocycles. The molecule has 0 aromatic heterocycles. The van der Waals surface area contributed by atoms with E-state index in [1.54, 1.807) is 0 Å². The van der Waals surface area contributed by atoms with Gasteiger partial charge < -0.3 is 5.48 Å². The second-order valence-electron chi connectivity index (χ2n) is 0.412. The van der Waals surface area contributed by atoms with E-state index in [1.165, 1.54) is 0 Å². The highest BCUT2D eigenvalue weighted by atomic mass is 35.7. The topological polar surface area (TPSA) is 85.9 Å². The standard InChI is InChI=1S/ClHO3S.H2O/c1-5(2,3)4;/h(H,2,3,4);1H2. The third-order valence-electron chi connectivity index (χ3n) is 0. The minimum Gasteiger partial charge on any atom is -0.412 e. The summed E-state index contributed by atoms with van der Waals surface area (Å²) in [6.07, 6.45) is 0. The van der Waals surface area contributed by atoms with Crippen molar-refractivity contribution in [2.45, 2.75) is 0 Å². The Morgan fingerprint density at radius 2 is 1.50 bits per heavy atom. The molecule has 3 N–H and O–H groups in total. The van der Waals surface area contributed by atoms with Gasteiger partial charge in [0.05, 0.1) is 0 Å². The van der Waals surface area contributed by atoms with Crippen LogP contribution in [0.4, 0.5) is 0 Å². The van der Waals surface area contributed by atoms with Crippen LogP contribution in [0.25, 0.3) is 0 Å². The summed E-state index contributed by atoms with van der Waals surface area (Å²) in [5, 5.41) is 0. The van der Waals surface area contributed by atoms with Crippen molar-refractivity contribution in [2.24, 2.45) is 0 Å². The summed E-state index contributed by atoms with van der Waals surface area (Å²) < 4.78 is 25.2. The van der Waals surface area contributed by atoms with Crippen molar-refractivity contribution in [1.29, 1.82) is 0 Å². The number of halogens is 1. The van der Waals surface area contributed by atoms with Crippen molar-refractivity contribution in [3.05, 3.63) is 0 Å². The molecule has 40 valence electrons. The average Bonchev–Trinajstić information content (AvgIpc) is 0.722. The van der Waals surface area contributed by atoms with Crippen molar-refractivity contribution in [3.8, 4) is 0 Å². The number of hydrogen-bond donors (Lipinski definition) is 1. The minimum atomic E-state index is -4.19. The molecule has 4 nitrogen and oxygen atoms in total. The van der Waals surface area contributed by atoms with Crippen molar-refractivity contribution in [2.75, 3.05) is 0 Å². The van der Waals surface area contributed by atoms with Gasteiger partial charge in [-0.15, -0.1) is 0 Å². The molecule has 0 heterocycles. The molecule has 0 spiro atoms. The van der Waals surface area contributed by atoms with Gasteiger partial charge in [-0.3, -0.25) is 4.55 Å². The van der Waals surface area contributed by atoms with E-state index in [1.807, 2.05) is 0 Å². The van der Waals surface area contributed by atoms with E-state index in [2.05, 4.69) is 10.7 Å². The molecule has 0 radical (unpaired) electrons. The fraction of sp³-hybridized carbons (Fsp3) is 0. The second-order valence-corrected chi connectivity index (χ2v) is 2.41. The normalized spacial score (nSPS) is 9.67. The molecule has 0 unspecified atom stereocenters. The zero-order valence-corrected chi connectivity index (χ0v) is 4.12. The first-order valence-electron chi connectivity index (χ1n) is 0.670. The Bertz CT molecular complexity index is 90.7. The Hall–Kier alpha value is 0.160. The van der Waals surface area contributed by atoms with Gasteiger partial charge in [-0.2, -0.15) is 8.42 Å². The van der Waals surface area contributed by atoms with Crippen LogP contribution in [-0.2, 0) is 9.33 Å². The fourth-order valence-electron chi connectivity index (χ4n) is 0. The highest BCUT2D eigenvalue weighted by Gasteiger charge is 1.86. The summed E-state index contributed by atoms with van der Waals surface area (Å²) in [6, 6.07) is 0. The molecule has 0 amide bonds. The van der Waals surface area contributed by atoms with E-state index in [0.29, 0.717) is 0 Å². The van der Waals surface area contributed by atoms with Crippen LogP contribution >= 0.6 is 10.7 Å². The molecule has 0 rings (SSSR count). The first-order valence-corrected chi connectivity index (χ1v) is 2.94. The summed E-state index contributed by atoms with van der Waals surface area (Å²) in [4.78, 5) is 0. The fourth-order valence-corrected chi connectivity index (χ4v) is 0. The molecular formula is H3ClO4S. The van der Waals surface area contributed by atoms with Crippen LogP contribution in [0.2, 0.25) is 0 Å². The van der Waals surface area contributed by atoms with Crippen LogP contribution in [-0.4, -0.2) is 18.4 Å². The SMILES string of the molecule is O.O=S(=O)(O)Cl. The van der Waals surface area contributed by atoms with Gasteiger partial charge >= 0.3 is 9.33 Å². The molecule has 6 heavy (non-hydrogen) atoms. The maximum Gasteiger partial charge on any atom is 0.353 e. The molecule has 0 bridgehead atoms. The molecule has 6 heteroatoms. The average molecular weight is 135 g/mol. The quantitative estimate of drug-likeness (QED) is 0.348. The summed E-state index contributed by atoms with van der Waals surface area (Å²) in [6.45, 7) is 0. The van der Waals surface area contributed by atoms with E-state index in [0.717, 1.165) is 0 Å². The predicted molar refractivity (Wildman–Crippen MR) is 21.0 cm³/mol. The molecular weight excluding hydrogens is 132 g/mol. The van der Waals surface area contributed by atoms with Gasteiger partial charge in [-0.25, -0.2) is 0 Å². The highest BCUT2D eigenvalue weighted by molar-refractivity contribution is 8.09. The van der Waals surface area contributed by atoms with Crippen LogP contribution in [0.15, 0.2) is 0 Å². The lowest BCUT2D eigenvalue weighted by Crippen LogP contribution is -1.77. The van der Waals surface area contributed by atoms with Crippen LogP contribution in [0.5, 0.6) is 0 Å². The predicted octanol–water partition coefficient (Wildman–Crippen LogP) is -0.797. The van der Waals surface area contributed by atoms with Gasteiger partial charge in [0.25, 0.3) is 0 Å². The lowest BCUT2D eigenvalue weighted by molar-refractivity contribution is 0.501. The minimum absolute atomic E-state index is 0. The summed E-state index contributed by atoms with van der Waals surface area (Å²) in [5.74, 6) is 0. The Morgan fingerprint density at radius 1 is 1.50 bits per heavy atom. The van der Waals surface area contributed by atoms with Crippen molar-refractivity contribution >= 4 is 20.0 Å². The van der Waals surface area contributed by atoms with Crippen LogP contribution < -0.4 is 0 Å². The summed E-state index contributed by atoms with van der Waals surface area (Å²) >= 11 is 0. The van der Waals surface area contributed by atoms with Gasteiger partial charge in [-0.1, -0.05) is 0 Å². The molecule has 0 aliphatic heterocycles. The Labute approximate surface area is 39.3 Å². The van der Waals surface area contributed by atoms with E-state index in [-0.39, 0.29) is 5.48 Å². The number of rotatable bonds is 0. The largest absolute Gasteiger partial charge is 0.412 e. The van der Waals surface area contributed by atoms with Crippen molar-refractivity contribution in [1.82, 2.24) is 0 Å². The molecule has 0 atom stereocenters. The molecule has 0 aromatic rings. The van der Waals surface area contributed by atoms with Crippen molar-refractivity contribution in [3.63, 3.8) is 0 Å². The van der Waals surface area contributed by atoms with E-state index < -0.39 is 9.33 Å². The van der Waals surface area contributed by atoms with Gasteiger partial charge in [0.2, 0.25) is 0 Å². The van der Waals surface area contributed by atoms with Crippen LogP contribution in [0, 0.1) is 0 Å². The number of hydrogen-bond acceptors (Lipinski definition) is 2. The first-order chi connectivity index (χ1) is 2.00. The Morgan fingerprint density at radius 3 is 1.50 bits per heavy atom.